The molecule has 1 nitrogen and oxygen atoms in total. The molecule has 0 unspecified atom stereocenters. The summed E-state index contributed by atoms with van der Waals surface area (Å²) in [7, 11) is 0. The minimum Gasteiger partial charge on any atom is -0.257 e. The smallest absolute Gasteiger partial charge is 0.0670 e. The fourth-order valence-electron chi connectivity index (χ4n) is 3.81. The van der Waals surface area contributed by atoms with Crippen LogP contribution in [0.4, 0.5) is 0 Å². The number of hydrogen-bond acceptors (Lipinski definition) is 1. The lowest BCUT2D eigenvalue weighted by molar-refractivity contribution is 0.829. The van der Waals surface area contributed by atoms with E-state index in [0.29, 0.717) is 0 Å². The molecule has 28 heavy (non-hydrogen) atoms. The molecule has 1 heteroatoms. The monoisotopic (exact) mass is 375 g/mol. The Morgan fingerprint density at radius 2 is 1.50 bits per heavy atom. The maximum Gasteiger partial charge on any atom is 0.0670 e. The summed E-state index contributed by atoms with van der Waals surface area (Å²) < 4.78 is 0. The average Bonchev–Trinajstić information content (AvgIpc) is 2.74. The number of hydrogen-bond donors (Lipinski definition) is 0. The van der Waals surface area contributed by atoms with Gasteiger partial charge in [-0.2, -0.15) is 0 Å². The van der Waals surface area contributed by atoms with Gasteiger partial charge in [0.25, 0.3) is 0 Å². The van der Waals surface area contributed by atoms with Gasteiger partial charge < -0.3 is 0 Å². The molecule has 0 radical (unpaired) electrons. The van der Waals surface area contributed by atoms with E-state index in [2.05, 4.69) is 76.2 Å². The Morgan fingerprint density at radius 3 is 2.14 bits per heavy atom. The second kappa shape index (κ2) is 12.3. The molecule has 0 aliphatic rings. The summed E-state index contributed by atoms with van der Waals surface area (Å²) in [5.74, 6) is 0. The molecule has 0 saturated carbocycles. The summed E-state index contributed by atoms with van der Waals surface area (Å²) in [6.07, 6.45) is 13.8. The minimum absolute atomic E-state index is 1.09. The lowest BCUT2D eigenvalue weighted by Gasteiger charge is -2.19. The molecule has 0 spiro atoms. The first-order chi connectivity index (χ1) is 13.7. The van der Waals surface area contributed by atoms with Gasteiger partial charge in [0.15, 0.2) is 0 Å². The fourth-order valence-corrected chi connectivity index (χ4v) is 3.81. The molecule has 1 aromatic heterocycles. The molecule has 2 aromatic rings. The van der Waals surface area contributed by atoms with Crippen molar-refractivity contribution in [3.8, 4) is 11.1 Å². The van der Waals surface area contributed by atoms with Crippen molar-refractivity contribution in [3.05, 3.63) is 71.6 Å². The zero-order chi connectivity index (χ0) is 20.2. The second-order valence-corrected chi connectivity index (χ2v) is 7.52. The van der Waals surface area contributed by atoms with Crippen LogP contribution in [-0.2, 0) is 0 Å². The maximum absolute atomic E-state index is 4.82. The van der Waals surface area contributed by atoms with E-state index in [1.54, 1.807) is 11.1 Å². The first-order valence-corrected chi connectivity index (χ1v) is 11.2. The number of nitrogens with zero attached hydrogens (tertiary/aromatic N) is 1. The van der Waals surface area contributed by atoms with Gasteiger partial charge in [0, 0.05) is 6.20 Å². The van der Waals surface area contributed by atoms with Crippen molar-refractivity contribution >= 4 is 5.57 Å². The van der Waals surface area contributed by atoms with Crippen LogP contribution >= 0.6 is 0 Å². The largest absolute Gasteiger partial charge is 0.257 e. The van der Waals surface area contributed by atoms with Crippen LogP contribution in [0.3, 0.4) is 0 Å². The van der Waals surface area contributed by atoms with Crippen LogP contribution in [0.1, 0.15) is 84.8 Å². The minimum atomic E-state index is 1.09. The van der Waals surface area contributed by atoms with Gasteiger partial charge in [-0.15, -0.1) is 0 Å². The van der Waals surface area contributed by atoms with Crippen LogP contribution in [0.15, 0.2) is 65.9 Å². The van der Waals surface area contributed by atoms with Gasteiger partial charge in [0.1, 0.15) is 0 Å². The SMILES string of the molecule is CCC/C=C(CCC)/C(CCC)=C(/CCC)c1cc(-c2ccccc2)ccn1. The number of pyridine rings is 1. The molecule has 0 N–H and O–H groups in total. The van der Waals surface area contributed by atoms with Crippen LogP contribution in [0, 0.1) is 0 Å². The van der Waals surface area contributed by atoms with E-state index in [0.717, 1.165) is 25.0 Å². The fraction of sp³-hybridized carbons (Fsp3) is 0.444. The standard InChI is InChI=1S/C27H37N/c1-5-9-16-23(13-6-2)25(14-7-3)26(15-8-4)27-21-24(19-20-28-27)22-17-11-10-12-18-22/h10-12,16-21H,5-9,13-15H2,1-4H3/b23-16+,26-25-. The number of allylic oxidation sites excluding steroid dienone is 4. The second-order valence-electron chi connectivity index (χ2n) is 7.52. The summed E-state index contributed by atoms with van der Waals surface area (Å²) in [6, 6.07) is 15.1. The first-order valence-electron chi connectivity index (χ1n) is 11.2. The molecule has 0 atom stereocenters. The summed E-state index contributed by atoms with van der Waals surface area (Å²) in [5, 5.41) is 0. The quantitative estimate of drug-likeness (QED) is 0.358. The van der Waals surface area contributed by atoms with Crippen molar-refractivity contribution < 1.29 is 0 Å². The summed E-state index contributed by atoms with van der Waals surface area (Å²) in [5.41, 5.74) is 8.24. The summed E-state index contributed by atoms with van der Waals surface area (Å²) in [6.45, 7) is 9.12. The average molecular weight is 376 g/mol. The van der Waals surface area contributed by atoms with E-state index < -0.39 is 0 Å². The molecule has 0 saturated heterocycles. The Balaban J connectivity index is 2.58. The first kappa shape index (κ1) is 22.1. The molecule has 0 aliphatic heterocycles. The third-order valence-corrected chi connectivity index (χ3v) is 5.13. The summed E-state index contributed by atoms with van der Waals surface area (Å²) >= 11 is 0. The van der Waals surface area contributed by atoms with Crippen molar-refractivity contribution in [1.82, 2.24) is 4.98 Å². The van der Waals surface area contributed by atoms with Crippen molar-refractivity contribution in [2.75, 3.05) is 0 Å². The molecule has 0 fully saturated rings. The number of rotatable bonds is 11. The highest BCUT2D eigenvalue weighted by Crippen LogP contribution is 2.34. The third-order valence-electron chi connectivity index (χ3n) is 5.13. The van der Waals surface area contributed by atoms with E-state index >= 15 is 0 Å². The van der Waals surface area contributed by atoms with Gasteiger partial charge in [-0.1, -0.05) is 89.8 Å². The molecule has 150 valence electrons. The highest BCUT2D eigenvalue weighted by atomic mass is 14.7. The van der Waals surface area contributed by atoms with Gasteiger partial charge in [0.2, 0.25) is 0 Å². The Hall–Kier alpha value is -2.15. The predicted octanol–water partition coefficient (Wildman–Crippen LogP) is 8.63. The van der Waals surface area contributed by atoms with Gasteiger partial charge in [-0.3, -0.25) is 4.98 Å². The Labute approximate surface area is 172 Å². The van der Waals surface area contributed by atoms with Crippen molar-refractivity contribution in [2.24, 2.45) is 0 Å². The van der Waals surface area contributed by atoms with Crippen LogP contribution in [0.2, 0.25) is 0 Å². The van der Waals surface area contributed by atoms with E-state index in [-0.39, 0.29) is 0 Å². The molecule has 0 amide bonds. The molecule has 0 bridgehead atoms. The molecular weight excluding hydrogens is 338 g/mol. The molecule has 0 aliphatic carbocycles. The molecule has 1 heterocycles. The van der Waals surface area contributed by atoms with Crippen molar-refractivity contribution in [1.29, 1.82) is 0 Å². The predicted molar refractivity (Wildman–Crippen MR) is 124 cm³/mol. The normalized spacial score (nSPS) is 12.8. The number of aromatic nitrogens is 1. The van der Waals surface area contributed by atoms with E-state index in [4.69, 9.17) is 4.98 Å². The zero-order valence-electron chi connectivity index (χ0n) is 18.3. The topological polar surface area (TPSA) is 12.9 Å². The van der Waals surface area contributed by atoms with Gasteiger partial charge in [-0.05, 0) is 65.7 Å². The van der Waals surface area contributed by atoms with Crippen molar-refractivity contribution in [2.45, 2.75) is 79.1 Å². The van der Waals surface area contributed by atoms with Gasteiger partial charge >= 0.3 is 0 Å². The lowest BCUT2D eigenvalue weighted by atomic mass is 9.88. The van der Waals surface area contributed by atoms with Crippen molar-refractivity contribution in [3.63, 3.8) is 0 Å². The van der Waals surface area contributed by atoms with Crippen LogP contribution in [0.5, 0.6) is 0 Å². The van der Waals surface area contributed by atoms with Gasteiger partial charge in [0.05, 0.1) is 5.69 Å². The summed E-state index contributed by atoms with van der Waals surface area (Å²) in [4.78, 5) is 4.82. The molecule has 1 aromatic carbocycles. The third kappa shape index (κ3) is 6.19. The van der Waals surface area contributed by atoms with Crippen LogP contribution in [-0.4, -0.2) is 4.98 Å². The highest BCUT2D eigenvalue weighted by Gasteiger charge is 2.14. The van der Waals surface area contributed by atoms with E-state index in [9.17, 15) is 0 Å². The van der Waals surface area contributed by atoms with Crippen LogP contribution in [0.25, 0.3) is 16.7 Å². The Kier molecular flexibility index (Phi) is 9.76. The lowest BCUT2D eigenvalue weighted by Crippen LogP contribution is -2.00. The molecule has 2 rings (SSSR count). The van der Waals surface area contributed by atoms with Crippen LogP contribution < -0.4 is 0 Å². The molecular formula is C27H37N. The Morgan fingerprint density at radius 1 is 0.786 bits per heavy atom. The number of benzene rings is 1. The zero-order valence-corrected chi connectivity index (χ0v) is 18.3. The van der Waals surface area contributed by atoms with Gasteiger partial charge in [-0.25, -0.2) is 0 Å². The Bertz CT molecular complexity index is 768. The maximum atomic E-state index is 4.82. The van der Waals surface area contributed by atoms with E-state index in [1.165, 1.54) is 48.8 Å². The van der Waals surface area contributed by atoms with E-state index in [1.807, 2.05) is 6.20 Å². The number of unbranched alkanes of at least 4 members (excludes halogenated alkanes) is 1. The highest BCUT2D eigenvalue weighted by molar-refractivity contribution is 5.74.